The summed E-state index contributed by atoms with van der Waals surface area (Å²) < 4.78 is 13.2. The standard InChI is InChI=1S/C14H22FN/c1-10-8-12(6-7-13(10)15)14(3,4)9-11(2)16-5/h6-8,11,16H,9H2,1-5H3. The molecule has 90 valence electrons. The topological polar surface area (TPSA) is 12.0 Å². The van der Waals surface area contributed by atoms with Crippen molar-refractivity contribution in [2.24, 2.45) is 0 Å². The van der Waals surface area contributed by atoms with Crippen molar-refractivity contribution in [1.29, 1.82) is 0 Å². The summed E-state index contributed by atoms with van der Waals surface area (Å²) in [4.78, 5) is 0. The maximum absolute atomic E-state index is 13.2. The zero-order valence-electron chi connectivity index (χ0n) is 10.9. The number of benzene rings is 1. The van der Waals surface area contributed by atoms with E-state index in [0.717, 1.165) is 12.0 Å². The second-order valence-corrected chi connectivity index (χ2v) is 5.24. The summed E-state index contributed by atoms with van der Waals surface area (Å²) >= 11 is 0. The Morgan fingerprint density at radius 3 is 2.50 bits per heavy atom. The van der Waals surface area contributed by atoms with E-state index in [9.17, 15) is 4.39 Å². The van der Waals surface area contributed by atoms with Crippen LogP contribution in [0.4, 0.5) is 4.39 Å². The first-order valence-corrected chi connectivity index (χ1v) is 5.80. The highest BCUT2D eigenvalue weighted by Crippen LogP contribution is 2.29. The van der Waals surface area contributed by atoms with E-state index in [1.807, 2.05) is 26.1 Å². The molecular weight excluding hydrogens is 201 g/mol. The fraction of sp³-hybridized carbons (Fsp3) is 0.571. The Labute approximate surface area is 98.1 Å². The SMILES string of the molecule is CNC(C)CC(C)(C)c1ccc(F)c(C)c1. The van der Waals surface area contributed by atoms with E-state index in [0.29, 0.717) is 6.04 Å². The Kier molecular flexibility index (Phi) is 4.09. The monoisotopic (exact) mass is 223 g/mol. The maximum atomic E-state index is 13.2. The first-order chi connectivity index (χ1) is 7.36. The van der Waals surface area contributed by atoms with Gasteiger partial charge in [0.2, 0.25) is 0 Å². The van der Waals surface area contributed by atoms with E-state index in [2.05, 4.69) is 26.1 Å². The molecule has 0 bridgehead atoms. The maximum Gasteiger partial charge on any atom is 0.126 e. The zero-order valence-corrected chi connectivity index (χ0v) is 10.9. The van der Waals surface area contributed by atoms with Gasteiger partial charge in [-0.1, -0.05) is 26.0 Å². The quantitative estimate of drug-likeness (QED) is 0.825. The summed E-state index contributed by atoms with van der Waals surface area (Å²) in [5, 5.41) is 3.24. The second kappa shape index (κ2) is 4.96. The van der Waals surface area contributed by atoms with Gasteiger partial charge >= 0.3 is 0 Å². The molecule has 0 fully saturated rings. The van der Waals surface area contributed by atoms with Crippen molar-refractivity contribution in [3.05, 3.63) is 35.1 Å². The fourth-order valence-electron chi connectivity index (χ4n) is 2.05. The number of halogens is 1. The highest BCUT2D eigenvalue weighted by atomic mass is 19.1. The van der Waals surface area contributed by atoms with Crippen LogP contribution >= 0.6 is 0 Å². The van der Waals surface area contributed by atoms with Crippen molar-refractivity contribution in [3.63, 3.8) is 0 Å². The number of hydrogen-bond acceptors (Lipinski definition) is 1. The molecule has 0 aliphatic rings. The lowest BCUT2D eigenvalue weighted by atomic mass is 9.79. The van der Waals surface area contributed by atoms with Gasteiger partial charge in [-0.25, -0.2) is 4.39 Å². The largest absolute Gasteiger partial charge is 0.317 e. The second-order valence-electron chi connectivity index (χ2n) is 5.24. The van der Waals surface area contributed by atoms with E-state index in [1.54, 1.807) is 6.07 Å². The molecule has 0 aliphatic heterocycles. The van der Waals surface area contributed by atoms with Gasteiger partial charge in [0.1, 0.15) is 5.82 Å². The molecular formula is C14H22FN. The van der Waals surface area contributed by atoms with Crippen molar-refractivity contribution in [3.8, 4) is 0 Å². The van der Waals surface area contributed by atoms with Gasteiger partial charge in [0.15, 0.2) is 0 Å². The molecule has 0 heterocycles. The van der Waals surface area contributed by atoms with E-state index in [-0.39, 0.29) is 11.2 Å². The molecule has 0 amide bonds. The van der Waals surface area contributed by atoms with Crippen molar-refractivity contribution < 1.29 is 4.39 Å². The highest BCUT2D eigenvalue weighted by molar-refractivity contribution is 5.29. The van der Waals surface area contributed by atoms with Crippen LogP contribution in [-0.4, -0.2) is 13.1 Å². The normalized spacial score (nSPS) is 13.9. The molecule has 1 aromatic rings. The third kappa shape index (κ3) is 3.05. The molecule has 0 saturated heterocycles. The Balaban J connectivity index is 2.93. The van der Waals surface area contributed by atoms with Crippen molar-refractivity contribution in [2.45, 2.75) is 45.6 Å². The van der Waals surface area contributed by atoms with Crippen LogP contribution in [-0.2, 0) is 5.41 Å². The molecule has 0 aliphatic carbocycles. The molecule has 1 aromatic carbocycles. The third-order valence-corrected chi connectivity index (χ3v) is 3.25. The average molecular weight is 223 g/mol. The third-order valence-electron chi connectivity index (χ3n) is 3.25. The minimum Gasteiger partial charge on any atom is -0.317 e. The minimum atomic E-state index is -0.124. The Hall–Kier alpha value is -0.890. The van der Waals surface area contributed by atoms with Gasteiger partial charge in [-0.05, 0) is 49.9 Å². The van der Waals surface area contributed by atoms with Crippen LogP contribution in [0, 0.1) is 12.7 Å². The average Bonchev–Trinajstić information content (AvgIpc) is 2.21. The number of hydrogen-bond donors (Lipinski definition) is 1. The summed E-state index contributed by atoms with van der Waals surface area (Å²) in [6.07, 6.45) is 1.04. The van der Waals surface area contributed by atoms with Crippen molar-refractivity contribution in [1.82, 2.24) is 5.32 Å². The number of rotatable bonds is 4. The Bertz CT molecular complexity index is 358. The van der Waals surface area contributed by atoms with Crippen molar-refractivity contribution >= 4 is 0 Å². The summed E-state index contributed by atoms with van der Waals surface area (Å²) in [6.45, 7) is 8.38. The molecule has 1 rings (SSSR count). The van der Waals surface area contributed by atoms with E-state index >= 15 is 0 Å². The van der Waals surface area contributed by atoms with Crippen LogP contribution in [0.1, 0.15) is 38.3 Å². The van der Waals surface area contributed by atoms with Crippen LogP contribution in [0.15, 0.2) is 18.2 Å². The molecule has 16 heavy (non-hydrogen) atoms. The summed E-state index contributed by atoms with van der Waals surface area (Å²) in [7, 11) is 1.97. The first kappa shape index (κ1) is 13.2. The molecule has 2 heteroatoms. The van der Waals surface area contributed by atoms with Crippen LogP contribution < -0.4 is 5.32 Å². The molecule has 0 radical (unpaired) electrons. The van der Waals surface area contributed by atoms with Crippen LogP contribution in [0.5, 0.6) is 0 Å². The van der Waals surface area contributed by atoms with Crippen molar-refractivity contribution in [2.75, 3.05) is 7.05 Å². The predicted octanol–water partition coefficient (Wildman–Crippen LogP) is 3.41. The Morgan fingerprint density at radius 2 is 2.00 bits per heavy atom. The first-order valence-electron chi connectivity index (χ1n) is 5.80. The lowest BCUT2D eigenvalue weighted by Gasteiger charge is -2.29. The molecule has 1 atom stereocenters. The van der Waals surface area contributed by atoms with E-state index in [4.69, 9.17) is 0 Å². The van der Waals surface area contributed by atoms with Gasteiger partial charge in [-0.15, -0.1) is 0 Å². The van der Waals surface area contributed by atoms with Gasteiger partial charge in [0.25, 0.3) is 0 Å². The number of aryl methyl sites for hydroxylation is 1. The predicted molar refractivity (Wildman–Crippen MR) is 67.3 cm³/mol. The molecule has 0 spiro atoms. The molecule has 1 unspecified atom stereocenters. The molecule has 0 saturated carbocycles. The van der Waals surface area contributed by atoms with Gasteiger partial charge in [-0.2, -0.15) is 0 Å². The lowest BCUT2D eigenvalue weighted by molar-refractivity contribution is 0.404. The van der Waals surface area contributed by atoms with E-state index < -0.39 is 0 Å². The number of nitrogens with one attached hydrogen (secondary N) is 1. The van der Waals surface area contributed by atoms with Crippen LogP contribution in [0.3, 0.4) is 0 Å². The van der Waals surface area contributed by atoms with Gasteiger partial charge in [-0.3, -0.25) is 0 Å². The zero-order chi connectivity index (χ0) is 12.3. The van der Waals surface area contributed by atoms with Gasteiger partial charge < -0.3 is 5.32 Å². The van der Waals surface area contributed by atoms with Crippen LogP contribution in [0.2, 0.25) is 0 Å². The Morgan fingerprint density at radius 1 is 1.38 bits per heavy atom. The highest BCUT2D eigenvalue weighted by Gasteiger charge is 2.23. The fourth-order valence-corrected chi connectivity index (χ4v) is 2.05. The van der Waals surface area contributed by atoms with Crippen LogP contribution in [0.25, 0.3) is 0 Å². The van der Waals surface area contributed by atoms with Gasteiger partial charge in [0.05, 0.1) is 0 Å². The lowest BCUT2D eigenvalue weighted by Crippen LogP contribution is -2.30. The molecule has 1 nitrogen and oxygen atoms in total. The van der Waals surface area contributed by atoms with Gasteiger partial charge in [0, 0.05) is 6.04 Å². The van der Waals surface area contributed by atoms with E-state index in [1.165, 1.54) is 5.56 Å². The smallest absolute Gasteiger partial charge is 0.126 e. The summed E-state index contributed by atoms with van der Waals surface area (Å²) in [5.74, 6) is -0.124. The minimum absolute atomic E-state index is 0.0703. The molecule has 1 N–H and O–H groups in total. The summed E-state index contributed by atoms with van der Waals surface area (Å²) in [5.41, 5.74) is 2.00. The molecule has 0 aromatic heterocycles. The summed E-state index contributed by atoms with van der Waals surface area (Å²) in [6, 6.07) is 5.87.